The van der Waals surface area contributed by atoms with Crippen molar-refractivity contribution in [2.75, 3.05) is 0 Å². The number of aromatic nitrogens is 2. The van der Waals surface area contributed by atoms with Crippen molar-refractivity contribution in [2.45, 2.75) is 6.54 Å². The van der Waals surface area contributed by atoms with Crippen LogP contribution in [0.25, 0.3) is 22.3 Å². The number of carbonyl (C=O) groups excluding carboxylic acids is 1. The summed E-state index contributed by atoms with van der Waals surface area (Å²) in [4.78, 5) is 25.8. The molecule has 0 fully saturated rings. The summed E-state index contributed by atoms with van der Waals surface area (Å²) in [6.07, 6.45) is 1.62. The summed E-state index contributed by atoms with van der Waals surface area (Å²) in [6, 6.07) is 15.1. The molecule has 0 saturated heterocycles. The van der Waals surface area contributed by atoms with Gasteiger partial charge >= 0.3 is 0 Å². The minimum atomic E-state index is -0.501. The first kappa shape index (κ1) is 16.0. The van der Waals surface area contributed by atoms with Crippen molar-refractivity contribution in [3.8, 4) is 11.4 Å². The van der Waals surface area contributed by atoms with Gasteiger partial charge in [0.2, 0.25) is 5.43 Å². The zero-order valence-corrected chi connectivity index (χ0v) is 14.7. The van der Waals surface area contributed by atoms with Gasteiger partial charge in [-0.2, -0.15) is 0 Å². The van der Waals surface area contributed by atoms with Crippen molar-refractivity contribution < 1.29 is 9.18 Å². The van der Waals surface area contributed by atoms with Gasteiger partial charge in [0.25, 0.3) is 5.91 Å². The first-order valence-electron chi connectivity index (χ1n) is 8.38. The van der Waals surface area contributed by atoms with Crippen molar-refractivity contribution in [1.82, 2.24) is 9.13 Å². The van der Waals surface area contributed by atoms with Gasteiger partial charge in [0.05, 0.1) is 16.9 Å². The van der Waals surface area contributed by atoms with Crippen LogP contribution in [0.5, 0.6) is 0 Å². The monoisotopic (exact) mass is 378 g/mol. The molecule has 0 saturated carbocycles. The van der Waals surface area contributed by atoms with Crippen LogP contribution in [0.15, 0.2) is 65.6 Å². The number of pyridine rings is 1. The number of halogens is 2. The van der Waals surface area contributed by atoms with E-state index in [4.69, 9.17) is 11.6 Å². The first-order chi connectivity index (χ1) is 13.1. The molecule has 0 bridgehead atoms. The lowest BCUT2D eigenvalue weighted by atomic mass is 10.1. The maximum absolute atomic E-state index is 14.8. The second kappa shape index (κ2) is 5.66. The van der Waals surface area contributed by atoms with Gasteiger partial charge in [-0.1, -0.05) is 29.8 Å². The summed E-state index contributed by atoms with van der Waals surface area (Å²) in [5.74, 6) is -0.884. The molecule has 2 aromatic heterocycles. The van der Waals surface area contributed by atoms with Crippen LogP contribution in [0.4, 0.5) is 4.39 Å². The standard InChI is InChI=1S/C21H12ClFN2O2/c22-13-8-6-12(7-9-13)11-25-18-14(3-1-4-15(18)23)20(26)17-19(25)16-5-2-10-24(16)21(17)27/h1-10H,11H2. The van der Waals surface area contributed by atoms with Crippen molar-refractivity contribution >= 4 is 28.4 Å². The van der Waals surface area contributed by atoms with Crippen LogP contribution in [0, 0.1) is 5.82 Å². The molecular weight excluding hydrogens is 367 g/mol. The molecule has 1 aliphatic heterocycles. The summed E-state index contributed by atoms with van der Waals surface area (Å²) in [5.41, 5.74) is 1.75. The second-order valence-corrected chi connectivity index (χ2v) is 6.91. The minimum absolute atomic E-state index is 0.0812. The van der Waals surface area contributed by atoms with Crippen molar-refractivity contribution in [2.24, 2.45) is 0 Å². The number of fused-ring (bicyclic) bond motifs is 4. The van der Waals surface area contributed by atoms with Crippen LogP contribution in [0.2, 0.25) is 5.02 Å². The lowest BCUT2D eigenvalue weighted by Gasteiger charge is -2.17. The van der Waals surface area contributed by atoms with Gasteiger partial charge in [-0.05, 0) is 42.0 Å². The third-order valence-electron chi connectivity index (χ3n) is 4.91. The molecule has 4 nitrogen and oxygen atoms in total. The van der Waals surface area contributed by atoms with Gasteiger partial charge in [-0.15, -0.1) is 0 Å². The predicted octanol–water partition coefficient (Wildman–Crippen LogP) is 4.31. The lowest BCUT2D eigenvalue weighted by Crippen LogP contribution is -2.21. The zero-order chi connectivity index (χ0) is 18.7. The van der Waals surface area contributed by atoms with Crippen LogP contribution in [-0.2, 0) is 6.54 Å². The van der Waals surface area contributed by atoms with E-state index in [1.807, 2.05) is 12.1 Å². The molecule has 2 aromatic carbocycles. The Hall–Kier alpha value is -3.18. The van der Waals surface area contributed by atoms with E-state index in [1.54, 1.807) is 41.1 Å². The van der Waals surface area contributed by atoms with E-state index < -0.39 is 11.2 Å². The number of benzene rings is 2. The highest BCUT2D eigenvalue weighted by Crippen LogP contribution is 2.34. The van der Waals surface area contributed by atoms with Crippen LogP contribution in [0.1, 0.15) is 15.9 Å². The number of hydrogen-bond acceptors (Lipinski definition) is 2. The fourth-order valence-corrected chi connectivity index (χ4v) is 3.85. The van der Waals surface area contributed by atoms with Gasteiger partial charge in [0, 0.05) is 23.2 Å². The Morgan fingerprint density at radius 3 is 2.52 bits per heavy atom. The lowest BCUT2D eigenvalue weighted by molar-refractivity contribution is 0.0968. The summed E-state index contributed by atoms with van der Waals surface area (Å²) >= 11 is 5.96. The Balaban J connectivity index is 1.90. The highest BCUT2D eigenvalue weighted by atomic mass is 35.5. The molecule has 0 unspecified atom stereocenters. The van der Waals surface area contributed by atoms with E-state index in [1.165, 1.54) is 16.7 Å². The molecule has 132 valence electrons. The topological polar surface area (TPSA) is 44.0 Å². The minimum Gasteiger partial charge on any atom is -0.332 e. The Kier molecular flexibility index (Phi) is 3.36. The number of nitrogens with zero attached hydrogens (tertiary/aromatic N) is 2. The zero-order valence-electron chi connectivity index (χ0n) is 13.9. The van der Waals surface area contributed by atoms with Gasteiger partial charge in [0.1, 0.15) is 11.4 Å². The molecule has 4 aromatic rings. The molecule has 27 heavy (non-hydrogen) atoms. The van der Waals surface area contributed by atoms with Crippen molar-refractivity contribution in [1.29, 1.82) is 0 Å². The second-order valence-electron chi connectivity index (χ2n) is 6.47. The smallest absolute Gasteiger partial charge is 0.268 e. The van der Waals surface area contributed by atoms with Gasteiger partial charge < -0.3 is 4.57 Å². The van der Waals surface area contributed by atoms with E-state index in [0.29, 0.717) is 23.0 Å². The Bertz CT molecular complexity index is 1300. The maximum Gasteiger partial charge on any atom is 0.268 e. The number of rotatable bonds is 2. The van der Waals surface area contributed by atoms with Gasteiger partial charge in [0.15, 0.2) is 0 Å². The fraction of sp³-hybridized carbons (Fsp3) is 0.0476. The van der Waals surface area contributed by atoms with Crippen LogP contribution in [-0.4, -0.2) is 15.0 Å². The third-order valence-corrected chi connectivity index (χ3v) is 5.17. The van der Waals surface area contributed by atoms with Crippen LogP contribution in [0.3, 0.4) is 0 Å². The van der Waals surface area contributed by atoms with E-state index in [0.717, 1.165) is 5.56 Å². The highest BCUT2D eigenvalue weighted by molar-refractivity contribution is 6.30. The van der Waals surface area contributed by atoms with E-state index in [9.17, 15) is 14.0 Å². The normalized spacial score (nSPS) is 12.4. The third kappa shape index (κ3) is 2.22. The Morgan fingerprint density at radius 1 is 0.963 bits per heavy atom. The quantitative estimate of drug-likeness (QED) is 0.459. The SMILES string of the molecule is O=C1c2c(n(Cc3ccc(Cl)cc3)c3c(F)cccc3c2=O)-c2cccn21. The summed E-state index contributed by atoms with van der Waals surface area (Å²) in [5, 5.41) is 0.797. The van der Waals surface area contributed by atoms with E-state index >= 15 is 0 Å². The van der Waals surface area contributed by atoms with E-state index in [-0.39, 0.29) is 22.4 Å². The summed E-state index contributed by atoms with van der Waals surface area (Å²) in [7, 11) is 0. The molecule has 0 N–H and O–H groups in total. The fourth-order valence-electron chi connectivity index (χ4n) is 3.73. The molecule has 6 heteroatoms. The number of para-hydroxylation sites is 1. The number of hydrogen-bond donors (Lipinski definition) is 0. The molecule has 0 radical (unpaired) electrons. The van der Waals surface area contributed by atoms with Crippen LogP contribution < -0.4 is 5.43 Å². The first-order valence-corrected chi connectivity index (χ1v) is 8.76. The Morgan fingerprint density at radius 2 is 1.74 bits per heavy atom. The number of carbonyl (C=O) groups is 1. The largest absolute Gasteiger partial charge is 0.332 e. The molecule has 0 amide bonds. The average Bonchev–Trinajstić information content (AvgIpc) is 3.23. The maximum atomic E-state index is 14.8. The Labute approximate surface area is 158 Å². The predicted molar refractivity (Wildman–Crippen MR) is 102 cm³/mol. The molecule has 0 spiro atoms. The summed E-state index contributed by atoms with van der Waals surface area (Å²) < 4.78 is 17.9. The van der Waals surface area contributed by atoms with Crippen LogP contribution >= 0.6 is 11.6 Å². The molecule has 0 aliphatic carbocycles. The van der Waals surface area contributed by atoms with Gasteiger partial charge in [-0.3, -0.25) is 14.2 Å². The molecular formula is C21H12ClFN2O2. The average molecular weight is 379 g/mol. The van der Waals surface area contributed by atoms with Gasteiger partial charge in [-0.25, -0.2) is 4.39 Å². The summed E-state index contributed by atoms with van der Waals surface area (Å²) in [6.45, 7) is 0.301. The molecule has 0 atom stereocenters. The highest BCUT2D eigenvalue weighted by Gasteiger charge is 2.33. The van der Waals surface area contributed by atoms with Crippen molar-refractivity contribution in [3.63, 3.8) is 0 Å². The van der Waals surface area contributed by atoms with E-state index in [2.05, 4.69) is 0 Å². The van der Waals surface area contributed by atoms with Crippen molar-refractivity contribution in [3.05, 3.63) is 93.0 Å². The molecule has 3 heterocycles. The molecule has 1 aliphatic rings. The molecule has 5 rings (SSSR count).